The minimum atomic E-state index is -0.353. The topological polar surface area (TPSA) is 38.9 Å². The average molecular weight is 305 g/mol. The molecule has 20 heavy (non-hydrogen) atoms. The Hall–Kier alpha value is -1.91. The number of nitrogens with two attached hydrogens (primary N) is 1. The summed E-state index contributed by atoms with van der Waals surface area (Å²) < 4.78 is 13.1. The third kappa shape index (κ3) is 2.53. The molecule has 0 bridgehead atoms. The van der Waals surface area contributed by atoms with E-state index in [4.69, 9.17) is 17.3 Å². The van der Waals surface area contributed by atoms with E-state index in [9.17, 15) is 4.39 Å². The molecule has 0 unspecified atom stereocenters. The van der Waals surface area contributed by atoms with Crippen LogP contribution >= 0.6 is 22.9 Å². The van der Waals surface area contributed by atoms with Crippen LogP contribution in [0.2, 0.25) is 5.02 Å². The minimum Gasteiger partial charge on any atom is -0.399 e. The number of halogens is 2. The molecule has 1 aromatic heterocycles. The van der Waals surface area contributed by atoms with Gasteiger partial charge in [0.15, 0.2) is 0 Å². The number of rotatable bonds is 2. The zero-order chi connectivity index (χ0) is 14.1. The van der Waals surface area contributed by atoms with Crippen LogP contribution in [0, 0.1) is 5.82 Å². The van der Waals surface area contributed by atoms with Crippen molar-refractivity contribution in [1.82, 2.24) is 4.98 Å². The van der Waals surface area contributed by atoms with Gasteiger partial charge in [0.1, 0.15) is 10.8 Å². The van der Waals surface area contributed by atoms with Crippen molar-refractivity contribution in [3.63, 3.8) is 0 Å². The predicted octanol–water partition coefficient (Wildman–Crippen LogP) is 4.85. The third-order valence-electron chi connectivity index (χ3n) is 2.87. The second kappa shape index (κ2) is 5.23. The van der Waals surface area contributed by atoms with Gasteiger partial charge in [0.25, 0.3) is 0 Å². The van der Waals surface area contributed by atoms with Crippen molar-refractivity contribution < 1.29 is 4.39 Å². The van der Waals surface area contributed by atoms with E-state index in [0.717, 1.165) is 21.8 Å². The Balaban J connectivity index is 1.99. The molecule has 0 amide bonds. The summed E-state index contributed by atoms with van der Waals surface area (Å²) in [4.78, 5) is 4.54. The van der Waals surface area contributed by atoms with Crippen molar-refractivity contribution in [3.05, 3.63) is 58.7 Å². The van der Waals surface area contributed by atoms with Gasteiger partial charge in [-0.25, -0.2) is 9.37 Å². The number of nitrogen functional groups attached to an aromatic ring is 1. The smallest absolute Gasteiger partial charge is 0.125 e. The van der Waals surface area contributed by atoms with E-state index >= 15 is 0 Å². The van der Waals surface area contributed by atoms with Gasteiger partial charge in [-0.3, -0.25) is 0 Å². The van der Waals surface area contributed by atoms with E-state index in [0.29, 0.717) is 10.7 Å². The van der Waals surface area contributed by atoms with Crippen LogP contribution in [0.5, 0.6) is 0 Å². The number of thiazole rings is 1. The quantitative estimate of drug-likeness (QED) is 0.687. The maximum atomic E-state index is 13.1. The molecule has 0 saturated heterocycles. The number of anilines is 1. The molecule has 3 aromatic rings. The van der Waals surface area contributed by atoms with Crippen molar-refractivity contribution >= 4 is 28.6 Å². The highest BCUT2D eigenvalue weighted by atomic mass is 35.5. The molecule has 2 aromatic carbocycles. The Kier molecular flexibility index (Phi) is 3.42. The van der Waals surface area contributed by atoms with Crippen LogP contribution < -0.4 is 5.73 Å². The SMILES string of the molecule is Nc1ccc(-c2csc(-c3ccc(F)cc3Cl)n2)cc1. The minimum absolute atomic E-state index is 0.353. The second-order valence-electron chi connectivity index (χ2n) is 4.28. The van der Waals surface area contributed by atoms with Crippen LogP contribution in [0.4, 0.5) is 10.1 Å². The Bertz CT molecular complexity index is 753. The fourth-order valence-corrected chi connectivity index (χ4v) is 3.03. The Morgan fingerprint density at radius 1 is 1.10 bits per heavy atom. The van der Waals surface area contributed by atoms with E-state index in [1.807, 2.05) is 29.6 Å². The number of hydrogen-bond acceptors (Lipinski definition) is 3. The number of benzene rings is 2. The third-order valence-corrected chi connectivity index (χ3v) is 4.06. The van der Waals surface area contributed by atoms with Crippen molar-refractivity contribution in [2.24, 2.45) is 0 Å². The summed E-state index contributed by atoms with van der Waals surface area (Å²) in [6.07, 6.45) is 0. The highest BCUT2D eigenvalue weighted by Gasteiger charge is 2.10. The highest BCUT2D eigenvalue weighted by Crippen LogP contribution is 2.33. The molecule has 1 heterocycles. The van der Waals surface area contributed by atoms with Crippen LogP contribution in [0.1, 0.15) is 0 Å². The maximum Gasteiger partial charge on any atom is 0.125 e. The molecule has 100 valence electrons. The highest BCUT2D eigenvalue weighted by molar-refractivity contribution is 7.13. The van der Waals surface area contributed by atoms with Gasteiger partial charge in [-0.2, -0.15) is 0 Å². The maximum absolute atomic E-state index is 13.1. The molecule has 0 radical (unpaired) electrons. The summed E-state index contributed by atoms with van der Waals surface area (Å²) in [5.74, 6) is -0.353. The molecule has 0 atom stereocenters. The van der Waals surface area contributed by atoms with Crippen LogP contribution in [0.3, 0.4) is 0 Å². The van der Waals surface area contributed by atoms with Crippen LogP contribution in [0.15, 0.2) is 47.8 Å². The Morgan fingerprint density at radius 3 is 2.55 bits per heavy atom. The number of aromatic nitrogens is 1. The summed E-state index contributed by atoms with van der Waals surface area (Å²) in [6, 6.07) is 11.8. The van der Waals surface area contributed by atoms with Gasteiger partial charge < -0.3 is 5.73 Å². The summed E-state index contributed by atoms with van der Waals surface area (Å²) >= 11 is 7.52. The largest absolute Gasteiger partial charge is 0.399 e. The fourth-order valence-electron chi connectivity index (χ4n) is 1.85. The van der Waals surface area contributed by atoms with Gasteiger partial charge in [0.05, 0.1) is 10.7 Å². The lowest BCUT2D eigenvalue weighted by Gasteiger charge is -2.00. The van der Waals surface area contributed by atoms with Crippen molar-refractivity contribution in [2.45, 2.75) is 0 Å². The zero-order valence-electron chi connectivity index (χ0n) is 10.3. The van der Waals surface area contributed by atoms with Gasteiger partial charge in [-0.05, 0) is 30.3 Å². The Labute approximate surface area is 124 Å². The summed E-state index contributed by atoms with van der Waals surface area (Å²) in [5, 5.41) is 3.07. The molecule has 3 rings (SSSR count). The van der Waals surface area contributed by atoms with E-state index in [1.165, 1.54) is 23.5 Å². The summed E-state index contributed by atoms with van der Waals surface area (Å²) in [5.41, 5.74) is 8.95. The molecule has 0 aliphatic rings. The first-order valence-corrected chi connectivity index (χ1v) is 7.16. The molecule has 0 aliphatic heterocycles. The molecule has 0 aliphatic carbocycles. The second-order valence-corrected chi connectivity index (χ2v) is 5.55. The normalized spacial score (nSPS) is 10.7. The molecular weight excluding hydrogens is 295 g/mol. The number of hydrogen-bond donors (Lipinski definition) is 1. The summed E-state index contributed by atoms with van der Waals surface area (Å²) in [7, 11) is 0. The van der Waals surface area contributed by atoms with Gasteiger partial charge >= 0.3 is 0 Å². The van der Waals surface area contributed by atoms with E-state index in [2.05, 4.69) is 4.98 Å². The monoisotopic (exact) mass is 304 g/mol. The van der Waals surface area contributed by atoms with Crippen molar-refractivity contribution in [3.8, 4) is 21.8 Å². The van der Waals surface area contributed by atoms with E-state index < -0.39 is 0 Å². The first-order valence-electron chi connectivity index (χ1n) is 5.90. The lowest BCUT2D eigenvalue weighted by molar-refractivity contribution is 0.628. The molecule has 0 fully saturated rings. The molecule has 5 heteroatoms. The first-order chi connectivity index (χ1) is 9.63. The molecule has 2 nitrogen and oxygen atoms in total. The van der Waals surface area contributed by atoms with Crippen LogP contribution in [0.25, 0.3) is 21.8 Å². The van der Waals surface area contributed by atoms with Crippen molar-refractivity contribution in [2.75, 3.05) is 5.73 Å². The lowest BCUT2D eigenvalue weighted by Crippen LogP contribution is -1.85. The van der Waals surface area contributed by atoms with E-state index in [1.54, 1.807) is 6.07 Å². The molecule has 2 N–H and O–H groups in total. The van der Waals surface area contributed by atoms with Gasteiger partial charge in [0.2, 0.25) is 0 Å². The van der Waals surface area contributed by atoms with Gasteiger partial charge in [-0.1, -0.05) is 23.7 Å². The van der Waals surface area contributed by atoms with Crippen LogP contribution in [-0.4, -0.2) is 4.98 Å². The molecule has 0 spiro atoms. The zero-order valence-corrected chi connectivity index (χ0v) is 11.9. The molecular formula is C15H10ClFN2S. The molecule has 0 saturated carbocycles. The van der Waals surface area contributed by atoms with Crippen LogP contribution in [-0.2, 0) is 0 Å². The average Bonchev–Trinajstić information content (AvgIpc) is 2.89. The summed E-state index contributed by atoms with van der Waals surface area (Å²) in [6.45, 7) is 0. The first kappa shape index (κ1) is 13.1. The van der Waals surface area contributed by atoms with Gasteiger partial charge in [-0.15, -0.1) is 11.3 Å². The van der Waals surface area contributed by atoms with Crippen molar-refractivity contribution in [1.29, 1.82) is 0 Å². The van der Waals surface area contributed by atoms with E-state index in [-0.39, 0.29) is 5.82 Å². The van der Waals surface area contributed by atoms with Gasteiger partial charge in [0, 0.05) is 22.2 Å². The predicted molar refractivity (Wildman–Crippen MR) is 82.4 cm³/mol. The lowest BCUT2D eigenvalue weighted by atomic mass is 10.1. The Morgan fingerprint density at radius 2 is 1.85 bits per heavy atom. The number of nitrogens with zero attached hydrogens (tertiary/aromatic N) is 1. The fraction of sp³-hybridized carbons (Fsp3) is 0. The standard InChI is InChI=1S/C15H10ClFN2S/c16-13-7-10(17)3-6-12(13)15-19-14(8-20-15)9-1-4-11(18)5-2-9/h1-8H,18H2.